The van der Waals surface area contributed by atoms with Crippen LogP contribution in [-0.2, 0) is 0 Å². The highest BCUT2D eigenvalue weighted by Crippen LogP contribution is 2.09. The van der Waals surface area contributed by atoms with Crippen molar-refractivity contribution in [1.29, 1.82) is 0 Å². The summed E-state index contributed by atoms with van der Waals surface area (Å²) in [4.78, 5) is 11.2. The highest BCUT2D eigenvalue weighted by Gasteiger charge is 2.12. The van der Waals surface area contributed by atoms with Crippen molar-refractivity contribution in [3.05, 3.63) is 35.4 Å². The van der Waals surface area contributed by atoms with Gasteiger partial charge in [0.2, 0.25) is 0 Å². The molecule has 2 N–H and O–H groups in total. The first-order valence-corrected chi connectivity index (χ1v) is 3.76. The third kappa shape index (κ3) is 2.32. The Kier molecular flexibility index (Phi) is 2.72. The van der Waals surface area contributed by atoms with Crippen molar-refractivity contribution in [2.24, 2.45) is 5.73 Å². The van der Waals surface area contributed by atoms with Gasteiger partial charge in [-0.1, -0.05) is 0 Å². The molecule has 0 radical (unpaired) electrons. The molecule has 0 spiro atoms. The number of rotatable bonds is 2. The highest BCUT2D eigenvalue weighted by molar-refractivity contribution is 5.99. The van der Waals surface area contributed by atoms with E-state index < -0.39 is 23.5 Å². The van der Waals surface area contributed by atoms with Gasteiger partial charge in [0.15, 0.2) is 5.78 Å². The molecule has 0 aliphatic rings. The fraction of sp³-hybridized carbons (Fsp3) is 0.222. The zero-order valence-electron chi connectivity index (χ0n) is 7.05. The van der Waals surface area contributed by atoms with Crippen LogP contribution in [0.5, 0.6) is 0 Å². The van der Waals surface area contributed by atoms with Crippen molar-refractivity contribution in [2.45, 2.75) is 13.0 Å². The number of ketones is 1. The van der Waals surface area contributed by atoms with E-state index in [1.54, 1.807) is 0 Å². The van der Waals surface area contributed by atoms with Crippen molar-refractivity contribution >= 4 is 5.78 Å². The lowest BCUT2D eigenvalue weighted by atomic mass is 10.1. The molecular weight excluding hydrogens is 176 g/mol. The topological polar surface area (TPSA) is 43.1 Å². The summed E-state index contributed by atoms with van der Waals surface area (Å²) in [6.45, 7) is 1.46. The van der Waals surface area contributed by atoms with Crippen molar-refractivity contribution in [3.8, 4) is 0 Å². The predicted octanol–water partition coefficient (Wildman–Crippen LogP) is 1.49. The Morgan fingerprint density at radius 1 is 1.31 bits per heavy atom. The molecule has 1 atom stereocenters. The fourth-order valence-corrected chi connectivity index (χ4v) is 0.959. The van der Waals surface area contributed by atoms with Crippen molar-refractivity contribution in [2.75, 3.05) is 0 Å². The van der Waals surface area contributed by atoms with Gasteiger partial charge in [-0.15, -0.1) is 0 Å². The quantitative estimate of drug-likeness (QED) is 0.709. The molecule has 0 aliphatic carbocycles. The molecule has 0 amide bonds. The zero-order valence-corrected chi connectivity index (χ0v) is 7.05. The van der Waals surface area contributed by atoms with Crippen LogP contribution in [0.1, 0.15) is 17.3 Å². The second-order valence-corrected chi connectivity index (χ2v) is 2.81. The SMILES string of the molecule is C[C@H](N)C(=O)c1cc(F)cc(F)c1. The minimum Gasteiger partial charge on any atom is -0.321 e. The van der Waals surface area contributed by atoms with Crippen LogP contribution in [0.25, 0.3) is 0 Å². The molecule has 2 nitrogen and oxygen atoms in total. The second kappa shape index (κ2) is 3.62. The van der Waals surface area contributed by atoms with Crippen LogP contribution in [0.2, 0.25) is 0 Å². The normalized spacial score (nSPS) is 12.6. The predicted molar refractivity (Wildman–Crippen MR) is 44.3 cm³/mol. The fourth-order valence-electron chi connectivity index (χ4n) is 0.959. The summed E-state index contributed by atoms with van der Waals surface area (Å²) in [6.07, 6.45) is 0. The average Bonchev–Trinajstić information content (AvgIpc) is 2.01. The standard InChI is InChI=1S/C9H9F2NO/c1-5(12)9(13)6-2-7(10)4-8(11)3-6/h2-5H,12H2,1H3/t5-/m0/s1. The van der Waals surface area contributed by atoms with Gasteiger partial charge in [-0.2, -0.15) is 0 Å². The average molecular weight is 185 g/mol. The monoisotopic (exact) mass is 185 g/mol. The Labute approximate surface area is 74.4 Å². The number of nitrogens with two attached hydrogens (primary N) is 1. The molecule has 1 aromatic rings. The van der Waals surface area contributed by atoms with Crippen LogP contribution in [0.3, 0.4) is 0 Å². The molecule has 70 valence electrons. The Hall–Kier alpha value is -1.29. The van der Waals surface area contributed by atoms with Crippen LogP contribution in [0, 0.1) is 11.6 Å². The lowest BCUT2D eigenvalue weighted by Crippen LogP contribution is -2.26. The van der Waals surface area contributed by atoms with Gasteiger partial charge in [0.25, 0.3) is 0 Å². The van der Waals surface area contributed by atoms with Crippen LogP contribution in [0.4, 0.5) is 8.78 Å². The molecule has 0 aromatic heterocycles. The van der Waals surface area contributed by atoms with E-state index in [9.17, 15) is 13.6 Å². The molecule has 0 saturated heterocycles. The molecule has 13 heavy (non-hydrogen) atoms. The van der Waals surface area contributed by atoms with Gasteiger partial charge in [-0.05, 0) is 19.1 Å². The largest absolute Gasteiger partial charge is 0.321 e. The number of halogens is 2. The van der Waals surface area contributed by atoms with Crippen LogP contribution < -0.4 is 5.73 Å². The van der Waals surface area contributed by atoms with Gasteiger partial charge in [0, 0.05) is 11.6 Å². The summed E-state index contributed by atoms with van der Waals surface area (Å²) in [5, 5.41) is 0. The molecule has 1 rings (SSSR count). The molecule has 0 fully saturated rings. The zero-order chi connectivity index (χ0) is 10.0. The molecule has 0 aliphatic heterocycles. The van der Waals surface area contributed by atoms with Crippen LogP contribution in [-0.4, -0.2) is 11.8 Å². The lowest BCUT2D eigenvalue weighted by Gasteiger charge is -2.03. The molecule has 0 bridgehead atoms. The Balaban J connectivity index is 3.08. The highest BCUT2D eigenvalue weighted by atomic mass is 19.1. The first kappa shape index (κ1) is 9.80. The van der Waals surface area contributed by atoms with Gasteiger partial charge in [-0.25, -0.2) is 8.78 Å². The van der Waals surface area contributed by atoms with Gasteiger partial charge < -0.3 is 5.73 Å². The molecule has 0 unspecified atom stereocenters. The van der Waals surface area contributed by atoms with E-state index in [4.69, 9.17) is 5.73 Å². The van der Waals surface area contributed by atoms with Crippen molar-refractivity contribution in [3.63, 3.8) is 0 Å². The van der Waals surface area contributed by atoms with E-state index >= 15 is 0 Å². The van der Waals surface area contributed by atoms with Gasteiger partial charge in [0.05, 0.1) is 6.04 Å². The van der Waals surface area contributed by atoms with Crippen LogP contribution >= 0.6 is 0 Å². The smallest absolute Gasteiger partial charge is 0.179 e. The van der Waals surface area contributed by atoms with E-state index in [-0.39, 0.29) is 5.56 Å². The molecule has 0 heterocycles. The van der Waals surface area contributed by atoms with Crippen molar-refractivity contribution < 1.29 is 13.6 Å². The number of Topliss-reactive ketones (excluding diaryl/α,β-unsaturated/α-hetero) is 1. The molecular formula is C9H9F2NO. The Bertz CT molecular complexity index is 316. The second-order valence-electron chi connectivity index (χ2n) is 2.81. The third-order valence-corrected chi connectivity index (χ3v) is 1.56. The number of carbonyl (C=O) groups excluding carboxylic acids is 1. The van der Waals surface area contributed by atoms with Gasteiger partial charge in [-0.3, -0.25) is 4.79 Å². The number of hydrogen-bond donors (Lipinski definition) is 1. The molecule has 1 aromatic carbocycles. The number of carbonyl (C=O) groups is 1. The summed E-state index contributed by atoms with van der Waals surface area (Å²) >= 11 is 0. The Morgan fingerprint density at radius 3 is 2.15 bits per heavy atom. The van der Waals surface area contributed by atoms with Gasteiger partial charge >= 0.3 is 0 Å². The maximum atomic E-state index is 12.6. The summed E-state index contributed by atoms with van der Waals surface area (Å²) in [6, 6.07) is 1.89. The minimum absolute atomic E-state index is 0.0347. The summed E-state index contributed by atoms with van der Waals surface area (Å²) in [5.74, 6) is -2.02. The lowest BCUT2D eigenvalue weighted by molar-refractivity contribution is 0.0967. The number of benzene rings is 1. The molecule has 4 heteroatoms. The van der Waals surface area contributed by atoms with E-state index in [1.807, 2.05) is 0 Å². The van der Waals surface area contributed by atoms with E-state index in [0.717, 1.165) is 12.1 Å². The number of hydrogen-bond acceptors (Lipinski definition) is 2. The third-order valence-electron chi connectivity index (χ3n) is 1.56. The van der Waals surface area contributed by atoms with E-state index in [2.05, 4.69) is 0 Å². The maximum Gasteiger partial charge on any atom is 0.179 e. The van der Waals surface area contributed by atoms with E-state index in [1.165, 1.54) is 6.92 Å². The first-order valence-electron chi connectivity index (χ1n) is 3.76. The van der Waals surface area contributed by atoms with Crippen molar-refractivity contribution in [1.82, 2.24) is 0 Å². The van der Waals surface area contributed by atoms with Crippen LogP contribution in [0.15, 0.2) is 18.2 Å². The summed E-state index contributed by atoms with van der Waals surface area (Å²) in [5.41, 5.74) is 5.24. The van der Waals surface area contributed by atoms with E-state index in [0.29, 0.717) is 6.07 Å². The van der Waals surface area contributed by atoms with Gasteiger partial charge in [0.1, 0.15) is 11.6 Å². The summed E-state index contributed by atoms with van der Waals surface area (Å²) < 4.78 is 25.2. The summed E-state index contributed by atoms with van der Waals surface area (Å²) in [7, 11) is 0. The molecule has 0 saturated carbocycles. The first-order chi connectivity index (χ1) is 6.00. The Morgan fingerprint density at radius 2 is 1.77 bits per heavy atom. The maximum absolute atomic E-state index is 12.6. The minimum atomic E-state index is -0.774.